The summed E-state index contributed by atoms with van der Waals surface area (Å²) in [5, 5.41) is 4.13. The molecular weight excluding hydrogens is 202 g/mol. The molecular formula is C12H19N3O. The summed E-state index contributed by atoms with van der Waals surface area (Å²) in [6, 6.07) is 0.231. The van der Waals surface area contributed by atoms with Crippen LogP contribution in [0.1, 0.15) is 68.5 Å². The Balaban J connectivity index is 1.76. The molecule has 2 aliphatic rings. The zero-order valence-electron chi connectivity index (χ0n) is 9.56. The maximum absolute atomic E-state index is 6.05. The summed E-state index contributed by atoms with van der Waals surface area (Å²) in [4.78, 5) is 4.57. The van der Waals surface area contributed by atoms with Crippen molar-refractivity contribution in [2.75, 3.05) is 0 Å². The molecule has 0 spiro atoms. The minimum atomic E-state index is 0.231. The van der Waals surface area contributed by atoms with Crippen molar-refractivity contribution in [2.24, 2.45) is 5.73 Å². The molecule has 88 valence electrons. The Morgan fingerprint density at radius 2 is 1.88 bits per heavy atom. The highest BCUT2D eigenvalue weighted by Crippen LogP contribution is 2.36. The first kappa shape index (κ1) is 10.3. The van der Waals surface area contributed by atoms with Crippen LogP contribution in [0.15, 0.2) is 4.52 Å². The summed E-state index contributed by atoms with van der Waals surface area (Å²) in [6.45, 7) is 0. The Morgan fingerprint density at radius 1 is 1.06 bits per heavy atom. The van der Waals surface area contributed by atoms with Gasteiger partial charge in [-0.05, 0) is 25.7 Å². The third-order valence-electron chi connectivity index (χ3n) is 4.06. The van der Waals surface area contributed by atoms with Crippen molar-refractivity contribution in [1.29, 1.82) is 0 Å². The van der Waals surface area contributed by atoms with Gasteiger partial charge in [0.1, 0.15) is 0 Å². The highest BCUT2D eigenvalue weighted by Gasteiger charge is 2.31. The van der Waals surface area contributed by atoms with E-state index in [1.165, 1.54) is 32.1 Å². The molecule has 0 bridgehead atoms. The highest BCUT2D eigenvalue weighted by molar-refractivity contribution is 5.05. The van der Waals surface area contributed by atoms with E-state index in [0.29, 0.717) is 11.8 Å². The predicted octanol–water partition coefficient (Wildman–Crippen LogP) is 2.32. The zero-order valence-corrected chi connectivity index (χ0v) is 9.56. The van der Waals surface area contributed by atoms with Crippen LogP contribution in [0, 0.1) is 0 Å². The second-order valence-electron chi connectivity index (χ2n) is 5.17. The van der Waals surface area contributed by atoms with Crippen LogP contribution in [0.25, 0.3) is 0 Å². The lowest BCUT2D eigenvalue weighted by Gasteiger charge is -2.09. The third kappa shape index (κ3) is 1.75. The van der Waals surface area contributed by atoms with Crippen LogP contribution >= 0.6 is 0 Å². The van der Waals surface area contributed by atoms with E-state index in [-0.39, 0.29) is 6.04 Å². The second-order valence-corrected chi connectivity index (χ2v) is 5.17. The summed E-state index contributed by atoms with van der Waals surface area (Å²) in [7, 11) is 0. The Hall–Kier alpha value is -0.900. The van der Waals surface area contributed by atoms with Crippen LogP contribution in [0.3, 0.4) is 0 Å². The van der Waals surface area contributed by atoms with Crippen molar-refractivity contribution in [2.45, 2.75) is 62.8 Å². The van der Waals surface area contributed by atoms with Gasteiger partial charge in [0.2, 0.25) is 5.89 Å². The number of nitrogens with zero attached hydrogens (tertiary/aromatic N) is 2. The molecule has 0 amide bonds. The van der Waals surface area contributed by atoms with Crippen LogP contribution in [0.4, 0.5) is 0 Å². The van der Waals surface area contributed by atoms with Crippen molar-refractivity contribution < 1.29 is 4.52 Å². The maximum atomic E-state index is 6.05. The lowest BCUT2D eigenvalue weighted by Crippen LogP contribution is -2.23. The lowest BCUT2D eigenvalue weighted by atomic mass is 10.0. The first-order chi connectivity index (χ1) is 7.84. The van der Waals surface area contributed by atoms with E-state index in [2.05, 4.69) is 10.1 Å². The first-order valence-corrected chi connectivity index (χ1v) is 6.43. The normalized spacial score (nSPS) is 31.3. The second kappa shape index (κ2) is 4.17. The molecule has 0 radical (unpaired) electrons. The molecule has 16 heavy (non-hydrogen) atoms. The summed E-state index contributed by atoms with van der Waals surface area (Å²) in [6.07, 6.45) is 8.41. The monoisotopic (exact) mass is 221 g/mol. The maximum Gasteiger partial charge on any atom is 0.229 e. The van der Waals surface area contributed by atoms with Crippen LogP contribution in [0.2, 0.25) is 0 Å². The van der Waals surface area contributed by atoms with Gasteiger partial charge < -0.3 is 10.3 Å². The molecule has 0 saturated heterocycles. The molecule has 0 aromatic carbocycles. The number of nitrogens with two attached hydrogens (primary N) is 1. The average molecular weight is 221 g/mol. The van der Waals surface area contributed by atoms with Crippen molar-refractivity contribution >= 4 is 0 Å². The van der Waals surface area contributed by atoms with Crippen LogP contribution in [-0.2, 0) is 0 Å². The van der Waals surface area contributed by atoms with Gasteiger partial charge in [0.15, 0.2) is 5.82 Å². The minimum absolute atomic E-state index is 0.231. The molecule has 0 aliphatic heterocycles. The lowest BCUT2D eigenvalue weighted by molar-refractivity contribution is 0.346. The molecule has 4 nitrogen and oxygen atoms in total. The standard InChI is InChI=1S/C12H19N3O/c13-10-7-3-6-9(10)11-14-12(16-15-11)8-4-1-2-5-8/h8-10H,1-7,13H2/t9-,10-/m1/s1. The van der Waals surface area contributed by atoms with E-state index >= 15 is 0 Å². The van der Waals surface area contributed by atoms with Gasteiger partial charge in [-0.3, -0.25) is 0 Å². The minimum Gasteiger partial charge on any atom is -0.339 e. The molecule has 3 rings (SSSR count). The van der Waals surface area contributed by atoms with Gasteiger partial charge in [0.25, 0.3) is 0 Å². The van der Waals surface area contributed by atoms with Gasteiger partial charge in [-0.2, -0.15) is 4.98 Å². The van der Waals surface area contributed by atoms with Crippen molar-refractivity contribution in [3.05, 3.63) is 11.7 Å². The van der Waals surface area contributed by atoms with E-state index in [9.17, 15) is 0 Å². The van der Waals surface area contributed by atoms with Gasteiger partial charge in [-0.15, -0.1) is 0 Å². The summed E-state index contributed by atoms with van der Waals surface area (Å²) >= 11 is 0. The molecule has 2 N–H and O–H groups in total. The van der Waals surface area contributed by atoms with Gasteiger partial charge in [0.05, 0.1) is 0 Å². The quantitative estimate of drug-likeness (QED) is 0.832. The molecule has 4 heteroatoms. The van der Waals surface area contributed by atoms with Gasteiger partial charge in [0, 0.05) is 17.9 Å². The average Bonchev–Trinajstić information content (AvgIpc) is 2.96. The Morgan fingerprint density at radius 3 is 2.56 bits per heavy atom. The molecule has 2 atom stereocenters. The van der Waals surface area contributed by atoms with Crippen molar-refractivity contribution in [3.63, 3.8) is 0 Å². The summed E-state index contributed by atoms with van der Waals surface area (Å²) in [5.41, 5.74) is 6.05. The van der Waals surface area contributed by atoms with Gasteiger partial charge in [-0.25, -0.2) is 0 Å². The van der Waals surface area contributed by atoms with Crippen LogP contribution in [-0.4, -0.2) is 16.2 Å². The first-order valence-electron chi connectivity index (χ1n) is 6.43. The molecule has 2 fully saturated rings. The summed E-state index contributed by atoms with van der Waals surface area (Å²) < 4.78 is 5.39. The fourth-order valence-corrected chi connectivity index (χ4v) is 3.05. The Kier molecular flexibility index (Phi) is 2.67. The van der Waals surface area contributed by atoms with Crippen molar-refractivity contribution in [3.8, 4) is 0 Å². The topological polar surface area (TPSA) is 64.9 Å². The third-order valence-corrected chi connectivity index (χ3v) is 4.06. The van der Waals surface area contributed by atoms with E-state index in [1.54, 1.807) is 0 Å². The van der Waals surface area contributed by atoms with E-state index in [4.69, 9.17) is 10.3 Å². The number of hydrogen-bond acceptors (Lipinski definition) is 4. The number of rotatable bonds is 2. The molecule has 1 aromatic rings. The predicted molar refractivity (Wildman–Crippen MR) is 60.1 cm³/mol. The van der Waals surface area contributed by atoms with Crippen molar-refractivity contribution in [1.82, 2.24) is 10.1 Å². The number of hydrogen-bond donors (Lipinski definition) is 1. The smallest absolute Gasteiger partial charge is 0.229 e. The fraction of sp³-hybridized carbons (Fsp3) is 0.833. The molecule has 0 unspecified atom stereocenters. The van der Waals surface area contributed by atoms with Gasteiger partial charge >= 0.3 is 0 Å². The summed E-state index contributed by atoms with van der Waals surface area (Å²) in [5.74, 6) is 2.55. The van der Waals surface area contributed by atoms with Crippen LogP contribution in [0.5, 0.6) is 0 Å². The van der Waals surface area contributed by atoms with E-state index < -0.39 is 0 Å². The van der Waals surface area contributed by atoms with E-state index in [0.717, 1.165) is 24.6 Å². The zero-order chi connectivity index (χ0) is 11.0. The largest absolute Gasteiger partial charge is 0.339 e. The highest BCUT2D eigenvalue weighted by atomic mass is 16.5. The van der Waals surface area contributed by atoms with E-state index in [1.807, 2.05) is 0 Å². The Bertz CT molecular complexity index is 357. The SMILES string of the molecule is N[C@@H]1CCC[C@H]1c1noc(C2CCCC2)n1. The Labute approximate surface area is 95.6 Å². The molecule has 1 heterocycles. The molecule has 2 aliphatic carbocycles. The van der Waals surface area contributed by atoms with Crippen LogP contribution < -0.4 is 5.73 Å². The molecule has 2 saturated carbocycles. The fourth-order valence-electron chi connectivity index (χ4n) is 3.05. The molecule has 1 aromatic heterocycles. The number of aromatic nitrogens is 2. The van der Waals surface area contributed by atoms with Gasteiger partial charge in [-0.1, -0.05) is 24.4 Å².